The number of aromatic hydroxyl groups is 1. The van der Waals surface area contributed by atoms with Crippen LogP contribution >= 0.6 is 0 Å². The van der Waals surface area contributed by atoms with Crippen LogP contribution in [0.3, 0.4) is 0 Å². The lowest BCUT2D eigenvalue weighted by molar-refractivity contribution is -0.129. The summed E-state index contributed by atoms with van der Waals surface area (Å²) in [5.41, 5.74) is 3.84. The summed E-state index contributed by atoms with van der Waals surface area (Å²) in [7, 11) is 0. The number of carbonyl (C=O) groups excluding carboxylic acids is 1. The van der Waals surface area contributed by atoms with Crippen molar-refractivity contribution in [3.8, 4) is 5.75 Å². The first-order valence-corrected chi connectivity index (χ1v) is 8.37. The lowest BCUT2D eigenvalue weighted by atomic mass is 9.55. The molecule has 21 heavy (non-hydrogen) atoms. The molecule has 3 aliphatic rings. The minimum absolute atomic E-state index is 0.0713. The van der Waals surface area contributed by atoms with Gasteiger partial charge in [-0.15, -0.1) is 0 Å². The second kappa shape index (κ2) is 4.34. The maximum absolute atomic E-state index is 12.3. The van der Waals surface area contributed by atoms with E-state index in [9.17, 15) is 9.90 Å². The number of Topliss-reactive ketones (excluding diaryl/α,β-unsaturated/α-hetero) is 1. The van der Waals surface area contributed by atoms with Gasteiger partial charge in [0.05, 0.1) is 0 Å². The Balaban J connectivity index is 1.79. The first-order valence-electron chi connectivity index (χ1n) is 8.37. The molecule has 2 saturated carbocycles. The zero-order chi connectivity index (χ0) is 14.8. The van der Waals surface area contributed by atoms with Gasteiger partial charge < -0.3 is 5.11 Å². The van der Waals surface area contributed by atoms with Gasteiger partial charge in [-0.25, -0.2) is 0 Å². The molecule has 4 rings (SSSR count). The third-order valence-corrected chi connectivity index (χ3v) is 6.81. The Morgan fingerprint density at radius 1 is 1.19 bits per heavy atom. The highest BCUT2D eigenvalue weighted by atomic mass is 16.3. The van der Waals surface area contributed by atoms with E-state index in [1.54, 1.807) is 0 Å². The molecule has 0 spiro atoms. The minimum atomic E-state index is -0.0713. The van der Waals surface area contributed by atoms with Crippen molar-refractivity contribution >= 4 is 5.78 Å². The zero-order valence-corrected chi connectivity index (χ0v) is 13.0. The lowest BCUT2D eigenvalue weighted by Gasteiger charge is -2.48. The predicted molar refractivity (Wildman–Crippen MR) is 82.5 cm³/mol. The second-order valence-electron chi connectivity index (χ2n) is 7.63. The lowest BCUT2D eigenvalue weighted by Crippen LogP contribution is -2.42. The first kappa shape index (κ1) is 13.4. The van der Waals surface area contributed by atoms with E-state index in [0.717, 1.165) is 32.1 Å². The monoisotopic (exact) mass is 284 g/mol. The fourth-order valence-electron chi connectivity index (χ4n) is 5.64. The largest absolute Gasteiger partial charge is 0.508 e. The molecule has 0 saturated heterocycles. The van der Waals surface area contributed by atoms with Crippen LogP contribution < -0.4 is 0 Å². The first-order chi connectivity index (χ1) is 10.0. The molecule has 1 aromatic carbocycles. The standard InChI is InChI=1S/C19H24O2/c1-11-3-7-16(20)18-12(11)4-5-13-14(18)9-10-19(2)15(13)6-8-17(19)21/h3,7,13-15,20H,4-6,8-10H2,1-2H3. The van der Waals surface area contributed by atoms with E-state index < -0.39 is 0 Å². The molecule has 0 aromatic heterocycles. The summed E-state index contributed by atoms with van der Waals surface area (Å²) in [6.07, 6.45) is 6.17. The van der Waals surface area contributed by atoms with Crippen molar-refractivity contribution in [3.05, 3.63) is 28.8 Å². The molecular formula is C19H24O2. The highest BCUT2D eigenvalue weighted by molar-refractivity contribution is 5.87. The molecule has 2 fully saturated rings. The minimum Gasteiger partial charge on any atom is -0.508 e. The summed E-state index contributed by atoms with van der Waals surface area (Å²) < 4.78 is 0. The summed E-state index contributed by atoms with van der Waals surface area (Å²) in [6.45, 7) is 4.36. The fourth-order valence-corrected chi connectivity index (χ4v) is 5.64. The van der Waals surface area contributed by atoms with Gasteiger partial charge in [-0.3, -0.25) is 4.79 Å². The molecule has 2 nitrogen and oxygen atoms in total. The van der Waals surface area contributed by atoms with Gasteiger partial charge in [-0.2, -0.15) is 0 Å². The van der Waals surface area contributed by atoms with Gasteiger partial charge in [0.2, 0.25) is 0 Å². The van der Waals surface area contributed by atoms with Crippen molar-refractivity contribution in [2.45, 2.75) is 58.3 Å². The molecule has 0 heterocycles. The Morgan fingerprint density at radius 3 is 2.81 bits per heavy atom. The van der Waals surface area contributed by atoms with Crippen molar-refractivity contribution < 1.29 is 9.90 Å². The van der Waals surface area contributed by atoms with E-state index in [2.05, 4.69) is 13.8 Å². The maximum atomic E-state index is 12.3. The predicted octanol–water partition coefficient (Wildman–Crippen LogP) is 4.13. The molecule has 1 N–H and O–H groups in total. The molecule has 4 unspecified atom stereocenters. The Bertz CT molecular complexity index is 618. The van der Waals surface area contributed by atoms with Crippen molar-refractivity contribution in [2.24, 2.45) is 17.3 Å². The van der Waals surface area contributed by atoms with E-state index in [-0.39, 0.29) is 5.41 Å². The van der Waals surface area contributed by atoms with Gasteiger partial charge >= 0.3 is 0 Å². The summed E-state index contributed by atoms with van der Waals surface area (Å²) in [5.74, 6) is 2.58. The summed E-state index contributed by atoms with van der Waals surface area (Å²) in [6, 6.07) is 3.91. The van der Waals surface area contributed by atoms with Crippen molar-refractivity contribution in [1.82, 2.24) is 0 Å². The van der Waals surface area contributed by atoms with Crippen molar-refractivity contribution in [3.63, 3.8) is 0 Å². The number of aryl methyl sites for hydroxylation is 1. The Labute approximate surface area is 126 Å². The molecule has 112 valence electrons. The highest BCUT2D eigenvalue weighted by Crippen LogP contribution is 2.60. The van der Waals surface area contributed by atoms with Crippen LogP contribution in [-0.2, 0) is 11.2 Å². The molecule has 3 aliphatic carbocycles. The molecular weight excluding hydrogens is 260 g/mol. The number of fused-ring (bicyclic) bond motifs is 5. The van der Waals surface area contributed by atoms with Crippen LogP contribution in [0, 0.1) is 24.2 Å². The van der Waals surface area contributed by atoms with Gasteiger partial charge in [-0.1, -0.05) is 13.0 Å². The van der Waals surface area contributed by atoms with Crippen LogP contribution in [-0.4, -0.2) is 10.9 Å². The summed E-state index contributed by atoms with van der Waals surface area (Å²) in [4.78, 5) is 12.3. The van der Waals surface area contributed by atoms with Crippen LogP contribution in [0.5, 0.6) is 5.75 Å². The number of hydrogen-bond acceptors (Lipinski definition) is 2. The molecule has 0 radical (unpaired) electrons. The summed E-state index contributed by atoms with van der Waals surface area (Å²) in [5, 5.41) is 10.4. The highest BCUT2D eigenvalue weighted by Gasteiger charge is 2.54. The zero-order valence-electron chi connectivity index (χ0n) is 13.0. The van der Waals surface area contributed by atoms with Crippen LogP contribution in [0.15, 0.2) is 12.1 Å². The number of benzene rings is 1. The van der Waals surface area contributed by atoms with Crippen LogP contribution in [0.4, 0.5) is 0 Å². The van der Waals surface area contributed by atoms with Gasteiger partial charge in [-0.05, 0) is 74.0 Å². The molecule has 4 atom stereocenters. The van der Waals surface area contributed by atoms with Crippen molar-refractivity contribution in [2.75, 3.05) is 0 Å². The normalized spacial score (nSPS) is 37.8. The molecule has 0 amide bonds. The number of phenolic OH excluding ortho intramolecular Hbond substituents is 1. The number of hydrogen-bond donors (Lipinski definition) is 1. The Hall–Kier alpha value is -1.31. The smallest absolute Gasteiger partial charge is 0.139 e. The van der Waals surface area contributed by atoms with Gasteiger partial charge in [0.25, 0.3) is 0 Å². The maximum Gasteiger partial charge on any atom is 0.139 e. The average Bonchev–Trinajstić information content (AvgIpc) is 2.78. The van der Waals surface area contributed by atoms with Crippen LogP contribution in [0.25, 0.3) is 0 Å². The molecule has 2 heteroatoms. The van der Waals surface area contributed by atoms with E-state index >= 15 is 0 Å². The molecule has 0 aliphatic heterocycles. The average molecular weight is 284 g/mol. The fraction of sp³-hybridized carbons (Fsp3) is 0.632. The quantitative estimate of drug-likeness (QED) is 0.778. The number of phenols is 1. The van der Waals surface area contributed by atoms with Crippen LogP contribution in [0.1, 0.15) is 61.6 Å². The third kappa shape index (κ3) is 1.68. The number of rotatable bonds is 0. The third-order valence-electron chi connectivity index (χ3n) is 6.81. The number of ketones is 1. The SMILES string of the molecule is Cc1ccc(O)c2c1CCC1C2CCC2(C)C(=O)CCC12. The van der Waals surface area contributed by atoms with E-state index in [4.69, 9.17) is 0 Å². The van der Waals surface area contributed by atoms with Crippen molar-refractivity contribution in [1.29, 1.82) is 0 Å². The number of carbonyl (C=O) groups is 1. The Morgan fingerprint density at radius 2 is 2.00 bits per heavy atom. The topological polar surface area (TPSA) is 37.3 Å². The van der Waals surface area contributed by atoms with E-state index in [1.165, 1.54) is 23.1 Å². The Kier molecular flexibility index (Phi) is 2.76. The van der Waals surface area contributed by atoms with E-state index in [1.807, 2.05) is 12.1 Å². The van der Waals surface area contributed by atoms with E-state index in [0.29, 0.717) is 29.3 Å². The van der Waals surface area contributed by atoms with Gasteiger partial charge in [0, 0.05) is 17.4 Å². The van der Waals surface area contributed by atoms with Crippen LogP contribution in [0.2, 0.25) is 0 Å². The second-order valence-corrected chi connectivity index (χ2v) is 7.63. The molecule has 1 aromatic rings. The van der Waals surface area contributed by atoms with Gasteiger partial charge in [0.1, 0.15) is 11.5 Å². The molecule has 0 bridgehead atoms. The summed E-state index contributed by atoms with van der Waals surface area (Å²) >= 11 is 0. The van der Waals surface area contributed by atoms with Gasteiger partial charge in [0.15, 0.2) is 0 Å².